The summed E-state index contributed by atoms with van der Waals surface area (Å²) in [6.07, 6.45) is -9.50. The number of halogens is 9. The van der Waals surface area contributed by atoms with Crippen LogP contribution < -0.4 is 16.0 Å². The highest BCUT2D eigenvalue weighted by Gasteiger charge is 2.50. The number of benzene rings is 1. The average molecular weight is 1500 g/mol. The first-order valence-electron chi connectivity index (χ1n) is 34.6. The molecule has 5 rings (SSSR count). The quantitative estimate of drug-likeness (QED) is 0.248. The number of carbonyl (C=O) groups is 13. The van der Waals surface area contributed by atoms with Crippen molar-refractivity contribution in [1.82, 2.24) is 64.9 Å². The van der Waals surface area contributed by atoms with Crippen LogP contribution in [0.25, 0.3) is 0 Å². The predicted octanol–water partition coefficient (Wildman–Crippen LogP) is 4.18. The topological polar surface area (TPSA) is 290 Å². The summed E-state index contributed by atoms with van der Waals surface area (Å²) in [6.45, 7) is 3.36. The first-order valence-corrected chi connectivity index (χ1v) is 35.0. The SMILES string of the molecule is CC[C@H](C)C1NC(=O)[C@H](C)N(C)C(=O)C[C@@H](C(=O)N2CCCCC2)N(C)C(=O)[C@H](C(C)C)N(C)C(=O)[C@H](CC(F)(F)F)NC(=O)[C@H](CC(=O)N2CC(F)(F)C2)N(C)C(=O)[C@H](CCc2ccc(C(F)(F)F)c(Cl)c2)NC(=O)CN(C)C(=O)[C@H](CC2CCCCC2)N(C)C(=O)CN(C)C(=O)CN(C)C1=O. The summed E-state index contributed by atoms with van der Waals surface area (Å²) < 4.78 is 115. The van der Waals surface area contributed by atoms with Crippen molar-refractivity contribution in [2.75, 3.05) is 102 Å². The Bertz CT molecular complexity index is 3260. The highest BCUT2D eigenvalue weighted by atomic mass is 35.5. The molecule has 1 aromatic carbocycles. The third kappa shape index (κ3) is 23.3. The Morgan fingerprint density at radius 2 is 1.18 bits per heavy atom. The van der Waals surface area contributed by atoms with Crippen LogP contribution >= 0.6 is 11.6 Å². The Hall–Kier alpha value is -7.94. The monoisotopic (exact) mass is 1490 g/mol. The Morgan fingerprint density at radius 3 is 1.74 bits per heavy atom. The van der Waals surface area contributed by atoms with Crippen LogP contribution in [0.1, 0.15) is 136 Å². The molecule has 9 atom stereocenters. The Morgan fingerprint density at radius 1 is 0.612 bits per heavy atom. The fourth-order valence-electron chi connectivity index (χ4n) is 13.2. The van der Waals surface area contributed by atoms with Gasteiger partial charge in [0.15, 0.2) is 0 Å². The van der Waals surface area contributed by atoms with Crippen molar-refractivity contribution in [3.05, 3.63) is 34.3 Å². The Balaban J connectivity index is 1.67. The number of alkyl halides is 8. The van der Waals surface area contributed by atoms with Gasteiger partial charge in [0.05, 0.1) is 62.6 Å². The third-order valence-corrected chi connectivity index (χ3v) is 20.4. The summed E-state index contributed by atoms with van der Waals surface area (Å²) in [5, 5.41) is 6.32. The molecule has 3 saturated heterocycles. The number of nitrogens with one attached hydrogen (secondary N) is 3. The number of piperidine rings is 1. The van der Waals surface area contributed by atoms with Gasteiger partial charge in [-0.25, -0.2) is 8.78 Å². The van der Waals surface area contributed by atoms with Crippen molar-refractivity contribution >= 4 is 88.4 Å². The Labute approximate surface area is 600 Å². The van der Waals surface area contributed by atoms with Crippen LogP contribution in [-0.4, -0.2) is 288 Å². The van der Waals surface area contributed by atoms with Gasteiger partial charge in [0.25, 0.3) is 5.92 Å². The highest BCUT2D eigenvalue weighted by Crippen LogP contribution is 2.36. The maximum Gasteiger partial charge on any atom is 0.417 e. The zero-order valence-electron chi connectivity index (χ0n) is 60.8. The zero-order chi connectivity index (χ0) is 77.7. The van der Waals surface area contributed by atoms with Gasteiger partial charge in [-0.05, 0) is 80.9 Å². The molecule has 26 nitrogen and oxygen atoms in total. The van der Waals surface area contributed by atoms with E-state index in [2.05, 4.69) is 10.6 Å². The smallest absolute Gasteiger partial charge is 0.343 e. The summed E-state index contributed by atoms with van der Waals surface area (Å²) in [5.41, 5.74) is -1.19. The lowest BCUT2D eigenvalue weighted by atomic mass is 9.84. The molecular weight excluding hydrogens is 1390 g/mol. The number of likely N-dealkylation sites (tertiary alicyclic amines) is 2. The lowest BCUT2D eigenvalue weighted by Crippen LogP contribution is -2.63. The first kappa shape index (κ1) is 85.7. The van der Waals surface area contributed by atoms with Crippen molar-refractivity contribution in [1.29, 1.82) is 0 Å². The van der Waals surface area contributed by atoms with Crippen LogP contribution in [0.4, 0.5) is 35.1 Å². The predicted molar refractivity (Wildman–Crippen MR) is 359 cm³/mol. The molecule has 3 N–H and O–H groups in total. The summed E-state index contributed by atoms with van der Waals surface area (Å²) in [5.74, 6) is -18.8. The molecule has 3 heterocycles. The van der Waals surface area contributed by atoms with E-state index in [1.807, 2.05) is 5.32 Å². The van der Waals surface area contributed by atoms with E-state index in [1.54, 1.807) is 13.8 Å². The van der Waals surface area contributed by atoms with Gasteiger partial charge in [-0.3, -0.25) is 62.3 Å². The molecule has 4 fully saturated rings. The molecule has 0 spiro atoms. The number of likely N-dealkylation sites (N-methyl/N-ethyl adjacent to an activating group) is 8. The molecule has 0 bridgehead atoms. The molecule has 0 aromatic heterocycles. The maximum absolute atomic E-state index is 15.1. The lowest BCUT2D eigenvalue weighted by Gasteiger charge is -2.40. The molecule has 3 aliphatic heterocycles. The van der Waals surface area contributed by atoms with Crippen LogP contribution in [0.5, 0.6) is 0 Å². The number of carbonyl (C=O) groups excluding carboxylic acids is 13. The first-order chi connectivity index (χ1) is 47.8. The number of hydrogen-bond acceptors (Lipinski definition) is 13. The largest absolute Gasteiger partial charge is 0.417 e. The van der Waals surface area contributed by atoms with Crippen LogP contribution in [0.3, 0.4) is 0 Å². The molecule has 1 aliphatic carbocycles. The van der Waals surface area contributed by atoms with E-state index in [4.69, 9.17) is 11.6 Å². The number of rotatable bonds is 12. The van der Waals surface area contributed by atoms with Crippen molar-refractivity contribution in [2.45, 2.75) is 198 Å². The molecule has 103 heavy (non-hydrogen) atoms. The van der Waals surface area contributed by atoms with E-state index in [0.717, 1.165) is 88.4 Å². The zero-order valence-corrected chi connectivity index (χ0v) is 61.6. The summed E-state index contributed by atoms with van der Waals surface area (Å²) >= 11 is 6.05. The molecular formula is C68H100ClF8N13O13. The van der Waals surface area contributed by atoms with E-state index >= 15 is 9.59 Å². The summed E-state index contributed by atoms with van der Waals surface area (Å²) in [7, 11) is 9.21. The fraction of sp³-hybridized carbons (Fsp3) is 0.721. The van der Waals surface area contributed by atoms with Crippen molar-refractivity contribution < 1.29 is 97.5 Å². The summed E-state index contributed by atoms with van der Waals surface area (Å²) in [6, 6.07) is -11.9. The minimum absolute atomic E-state index is 0.0430. The van der Waals surface area contributed by atoms with Crippen molar-refractivity contribution in [3.8, 4) is 0 Å². The molecule has 0 radical (unpaired) electrons. The second kappa shape index (κ2) is 36.7. The van der Waals surface area contributed by atoms with Gasteiger partial charge in [-0.15, -0.1) is 0 Å². The van der Waals surface area contributed by atoms with Crippen LogP contribution in [0.15, 0.2) is 18.2 Å². The second-order valence-corrected chi connectivity index (χ2v) is 28.7. The standard InChI is InChI=1S/C68H100ClF8N13O13/c1-14-40(4)56-64(102)83(8)35-54(94)81(6)36-55(95)85(10)49(30-42-21-17-15-18-22-42)62(100)82(7)34-51(91)78-46(26-24-43-23-25-44(45(69)29-43)68(75,76)77)60(98)86(11)48(31-53(93)90-37-66(70,71)38-90)59(97)79-47(33-67(72,73)74)61(99)88(13)57(39(2)3)65(103)87(12)50(63(101)89-27-19-16-20-28-89)32-52(92)84(9)41(5)58(96)80-56/h23,25,29,39-42,46-50,56-57H,14-22,24,26-28,30-38H2,1-13H3,(H,78,91)(H,79,97)(H,80,96)/t40-,41-,46-,47-,48-,49-,50-,56?,57-/m0/s1. The third-order valence-electron chi connectivity index (χ3n) is 20.1. The van der Waals surface area contributed by atoms with E-state index in [9.17, 15) is 87.9 Å². The number of nitrogens with zero attached hydrogens (tertiary/aromatic N) is 10. The molecule has 13 amide bonds. The van der Waals surface area contributed by atoms with Gasteiger partial charge in [-0.1, -0.05) is 83.9 Å². The van der Waals surface area contributed by atoms with E-state index in [1.165, 1.54) is 60.9 Å². The van der Waals surface area contributed by atoms with E-state index in [-0.39, 0.29) is 31.0 Å². The van der Waals surface area contributed by atoms with Gasteiger partial charge < -0.3 is 64.9 Å². The number of aryl methyl sites for hydroxylation is 1. The second-order valence-electron chi connectivity index (χ2n) is 28.3. The van der Waals surface area contributed by atoms with Gasteiger partial charge in [-0.2, -0.15) is 26.3 Å². The lowest BCUT2D eigenvalue weighted by molar-refractivity contribution is -0.168. The highest BCUT2D eigenvalue weighted by molar-refractivity contribution is 6.31. The van der Waals surface area contributed by atoms with Gasteiger partial charge in [0.2, 0.25) is 76.8 Å². The molecule has 1 aromatic rings. The van der Waals surface area contributed by atoms with Gasteiger partial charge in [0.1, 0.15) is 48.3 Å². The minimum Gasteiger partial charge on any atom is -0.343 e. The van der Waals surface area contributed by atoms with E-state index in [0.29, 0.717) is 52.9 Å². The average Bonchev–Trinajstić information content (AvgIpc) is 0.786. The van der Waals surface area contributed by atoms with Crippen molar-refractivity contribution in [3.63, 3.8) is 0 Å². The van der Waals surface area contributed by atoms with E-state index < -0.39 is 231 Å². The Kier molecular flexibility index (Phi) is 30.5. The molecule has 578 valence electrons. The number of amides is 13. The molecule has 4 aliphatic rings. The van der Waals surface area contributed by atoms with Gasteiger partial charge >= 0.3 is 12.4 Å². The van der Waals surface area contributed by atoms with Crippen LogP contribution in [-0.2, 0) is 74.9 Å². The van der Waals surface area contributed by atoms with Crippen LogP contribution in [0.2, 0.25) is 5.02 Å². The number of hydrogen-bond donors (Lipinski definition) is 3. The normalized spacial score (nSPS) is 25.8. The molecule has 1 saturated carbocycles. The van der Waals surface area contributed by atoms with Gasteiger partial charge in [0, 0.05) is 69.5 Å². The van der Waals surface area contributed by atoms with Crippen LogP contribution in [0, 0.1) is 17.8 Å². The minimum atomic E-state index is -5.33. The molecule has 1 unspecified atom stereocenters. The fourth-order valence-corrected chi connectivity index (χ4v) is 13.5. The maximum atomic E-state index is 15.1. The molecule has 35 heteroatoms. The summed E-state index contributed by atoms with van der Waals surface area (Å²) in [4.78, 5) is 198. The van der Waals surface area contributed by atoms with Crippen molar-refractivity contribution in [2.24, 2.45) is 17.8 Å².